The lowest BCUT2D eigenvalue weighted by atomic mass is 10.3. The van der Waals surface area contributed by atoms with Crippen molar-refractivity contribution in [2.45, 2.75) is 12.5 Å². The maximum Gasteiger partial charge on any atom is 0.255 e. The summed E-state index contributed by atoms with van der Waals surface area (Å²) >= 11 is 0. The Morgan fingerprint density at radius 1 is 1.67 bits per heavy atom. The number of methoxy groups -OCH3 is 1. The van der Waals surface area contributed by atoms with Crippen molar-refractivity contribution >= 4 is 5.91 Å². The second-order valence-corrected chi connectivity index (χ2v) is 2.20. The summed E-state index contributed by atoms with van der Waals surface area (Å²) in [6.45, 7) is -0.648. The van der Waals surface area contributed by atoms with Crippen LogP contribution in [0, 0.1) is 0 Å². The van der Waals surface area contributed by atoms with Gasteiger partial charge in [0.25, 0.3) is 6.43 Å². The van der Waals surface area contributed by atoms with E-state index in [0.29, 0.717) is 0 Å². The predicted octanol–water partition coefficient (Wildman–Crippen LogP) is -0.659. The van der Waals surface area contributed by atoms with Crippen molar-refractivity contribution in [2.24, 2.45) is 5.73 Å². The van der Waals surface area contributed by atoms with Gasteiger partial charge in [0, 0.05) is 7.11 Å². The summed E-state index contributed by atoms with van der Waals surface area (Å²) < 4.78 is 27.7. The standard InChI is InChI=1S/C6H12F2N2O2/c1-12-3-4(9)6(11)10-2-5(7)8/h4-5H,2-3,9H2,1H3,(H,10,11). The fourth-order valence-electron chi connectivity index (χ4n) is 0.564. The zero-order valence-electron chi connectivity index (χ0n) is 6.72. The van der Waals surface area contributed by atoms with Crippen molar-refractivity contribution < 1.29 is 18.3 Å². The molecule has 1 amide bonds. The third-order valence-corrected chi connectivity index (χ3v) is 1.11. The molecule has 0 aliphatic heterocycles. The molecule has 0 aromatic heterocycles. The number of halogens is 2. The van der Waals surface area contributed by atoms with Gasteiger partial charge in [-0.3, -0.25) is 4.79 Å². The van der Waals surface area contributed by atoms with Crippen LogP contribution in [0.3, 0.4) is 0 Å². The number of alkyl halides is 2. The average Bonchev–Trinajstić information content (AvgIpc) is 2.00. The van der Waals surface area contributed by atoms with E-state index in [1.807, 2.05) is 5.32 Å². The molecule has 0 heterocycles. The molecule has 0 aliphatic carbocycles. The number of rotatable bonds is 5. The molecule has 0 spiro atoms. The van der Waals surface area contributed by atoms with E-state index in [1.54, 1.807) is 0 Å². The number of ether oxygens (including phenoxy) is 1. The first-order valence-electron chi connectivity index (χ1n) is 3.38. The molecule has 0 saturated heterocycles. The Balaban J connectivity index is 3.57. The zero-order chi connectivity index (χ0) is 9.56. The van der Waals surface area contributed by atoms with Crippen molar-refractivity contribution in [2.75, 3.05) is 20.3 Å². The van der Waals surface area contributed by atoms with Crippen molar-refractivity contribution in [3.05, 3.63) is 0 Å². The summed E-state index contributed by atoms with van der Waals surface area (Å²) in [6.07, 6.45) is -2.55. The van der Waals surface area contributed by atoms with Gasteiger partial charge in [0.05, 0.1) is 13.2 Å². The molecular weight excluding hydrogens is 170 g/mol. The molecule has 0 rings (SSSR count). The van der Waals surface area contributed by atoms with Crippen LogP contribution in [0.5, 0.6) is 0 Å². The number of nitrogens with one attached hydrogen (secondary N) is 1. The Hall–Kier alpha value is -0.750. The van der Waals surface area contributed by atoms with E-state index in [0.717, 1.165) is 0 Å². The van der Waals surface area contributed by atoms with Crippen LogP contribution in [-0.4, -0.2) is 38.6 Å². The normalized spacial score (nSPS) is 13.1. The lowest BCUT2D eigenvalue weighted by molar-refractivity contribution is -0.124. The van der Waals surface area contributed by atoms with Crippen molar-refractivity contribution in [1.82, 2.24) is 5.32 Å². The minimum atomic E-state index is -2.55. The highest BCUT2D eigenvalue weighted by Crippen LogP contribution is 1.88. The second-order valence-electron chi connectivity index (χ2n) is 2.20. The Bertz CT molecular complexity index is 144. The molecule has 0 aromatic rings. The maximum atomic E-state index is 11.6. The molecule has 0 aliphatic rings. The van der Waals surface area contributed by atoms with Gasteiger partial charge in [-0.2, -0.15) is 0 Å². The monoisotopic (exact) mass is 182 g/mol. The van der Waals surface area contributed by atoms with E-state index in [-0.39, 0.29) is 6.61 Å². The van der Waals surface area contributed by atoms with Crippen LogP contribution in [0.1, 0.15) is 0 Å². The minimum absolute atomic E-state index is 0.0229. The molecule has 1 unspecified atom stereocenters. The van der Waals surface area contributed by atoms with E-state index in [9.17, 15) is 13.6 Å². The summed E-state index contributed by atoms with van der Waals surface area (Å²) in [6, 6.07) is -0.881. The van der Waals surface area contributed by atoms with Crippen molar-refractivity contribution in [1.29, 1.82) is 0 Å². The molecule has 72 valence electrons. The Morgan fingerprint density at radius 3 is 2.67 bits per heavy atom. The SMILES string of the molecule is COCC(N)C(=O)NCC(F)F. The molecule has 6 heteroatoms. The fraction of sp³-hybridized carbons (Fsp3) is 0.833. The molecule has 0 saturated carbocycles. The molecule has 1 atom stereocenters. The second kappa shape index (κ2) is 5.84. The molecule has 4 nitrogen and oxygen atoms in total. The summed E-state index contributed by atoms with van der Waals surface area (Å²) in [4.78, 5) is 10.8. The molecule has 0 fully saturated rings. The van der Waals surface area contributed by atoms with Gasteiger partial charge >= 0.3 is 0 Å². The highest BCUT2D eigenvalue weighted by molar-refractivity contribution is 5.81. The molecular formula is C6H12F2N2O2. The highest BCUT2D eigenvalue weighted by atomic mass is 19.3. The molecule has 0 radical (unpaired) electrons. The number of hydrogen-bond donors (Lipinski definition) is 2. The van der Waals surface area contributed by atoms with Gasteiger partial charge in [-0.1, -0.05) is 0 Å². The molecule has 3 N–H and O–H groups in total. The summed E-state index contributed by atoms with van der Waals surface area (Å²) in [7, 11) is 1.38. The summed E-state index contributed by atoms with van der Waals surface area (Å²) in [5.41, 5.74) is 5.23. The van der Waals surface area contributed by atoms with Gasteiger partial charge < -0.3 is 15.8 Å². The number of nitrogens with two attached hydrogens (primary N) is 1. The molecule has 12 heavy (non-hydrogen) atoms. The summed E-state index contributed by atoms with van der Waals surface area (Å²) in [5, 5.41) is 1.97. The lowest BCUT2D eigenvalue weighted by Gasteiger charge is -2.10. The summed E-state index contributed by atoms with van der Waals surface area (Å²) in [5.74, 6) is -0.628. The smallest absolute Gasteiger partial charge is 0.255 e. The van der Waals surface area contributed by atoms with Crippen LogP contribution >= 0.6 is 0 Å². The Kier molecular flexibility index (Phi) is 5.48. The molecule has 0 aromatic carbocycles. The van der Waals surface area contributed by atoms with Crippen molar-refractivity contribution in [3.63, 3.8) is 0 Å². The highest BCUT2D eigenvalue weighted by Gasteiger charge is 2.13. The van der Waals surface area contributed by atoms with Crippen molar-refractivity contribution in [3.8, 4) is 0 Å². The fourth-order valence-corrected chi connectivity index (χ4v) is 0.564. The third kappa shape index (κ3) is 4.97. The van der Waals surface area contributed by atoms with E-state index in [2.05, 4.69) is 4.74 Å². The topological polar surface area (TPSA) is 64.3 Å². The number of amides is 1. The van der Waals surface area contributed by atoms with Gasteiger partial charge in [0.2, 0.25) is 5.91 Å². The Labute approximate surface area is 69.1 Å². The Morgan fingerprint density at radius 2 is 2.25 bits per heavy atom. The van der Waals surface area contributed by atoms with Crippen LogP contribution in [0.15, 0.2) is 0 Å². The van der Waals surface area contributed by atoms with Crippen LogP contribution in [-0.2, 0) is 9.53 Å². The van der Waals surface area contributed by atoms with E-state index < -0.39 is 24.9 Å². The largest absolute Gasteiger partial charge is 0.383 e. The average molecular weight is 182 g/mol. The quantitative estimate of drug-likeness (QED) is 0.593. The van der Waals surface area contributed by atoms with E-state index in [4.69, 9.17) is 5.73 Å². The van der Waals surface area contributed by atoms with Gasteiger partial charge in [-0.25, -0.2) is 8.78 Å². The number of carbonyl (C=O) groups excluding carboxylic acids is 1. The number of hydrogen-bond acceptors (Lipinski definition) is 3. The zero-order valence-corrected chi connectivity index (χ0v) is 6.72. The first kappa shape index (κ1) is 11.2. The first-order valence-corrected chi connectivity index (χ1v) is 3.38. The van der Waals surface area contributed by atoms with E-state index >= 15 is 0 Å². The van der Waals surface area contributed by atoms with Crippen LogP contribution in [0.4, 0.5) is 8.78 Å². The van der Waals surface area contributed by atoms with Crippen LogP contribution < -0.4 is 11.1 Å². The van der Waals surface area contributed by atoms with E-state index in [1.165, 1.54) is 7.11 Å². The van der Waals surface area contributed by atoms with Gasteiger partial charge in [0.15, 0.2) is 0 Å². The van der Waals surface area contributed by atoms with Crippen LogP contribution in [0.25, 0.3) is 0 Å². The first-order chi connectivity index (χ1) is 5.57. The van der Waals surface area contributed by atoms with Crippen LogP contribution in [0.2, 0.25) is 0 Å². The van der Waals surface area contributed by atoms with Gasteiger partial charge in [-0.05, 0) is 0 Å². The minimum Gasteiger partial charge on any atom is -0.383 e. The molecule has 0 bridgehead atoms. The number of carbonyl (C=O) groups is 1. The lowest BCUT2D eigenvalue weighted by Crippen LogP contribution is -2.44. The van der Waals surface area contributed by atoms with Gasteiger partial charge in [0.1, 0.15) is 6.04 Å². The third-order valence-electron chi connectivity index (χ3n) is 1.11. The van der Waals surface area contributed by atoms with Gasteiger partial charge in [-0.15, -0.1) is 0 Å². The maximum absolute atomic E-state index is 11.6. The predicted molar refractivity (Wildman–Crippen MR) is 38.9 cm³/mol.